The van der Waals surface area contributed by atoms with Crippen molar-refractivity contribution in [1.82, 2.24) is 4.90 Å². The van der Waals surface area contributed by atoms with Crippen molar-refractivity contribution in [2.24, 2.45) is 0 Å². The van der Waals surface area contributed by atoms with Crippen LogP contribution in [0.3, 0.4) is 0 Å². The van der Waals surface area contributed by atoms with Gasteiger partial charge in [-0.15, -0.1) is 0 Å². The molecule has 120 valence electrons. The number of hydrogen-bond donors (Lipinski definition) is 2. The van der Waals surface area contributed by atoms with Crippen molar-refractivity contribution in [3.63, 3.8) is 0 Å². The lowest BCUT2D eigenvalue weighted by Gasteiger charge is -2.26. The SMILES string of the molecule is O=C(O)c1ccc(C(=O)N2CCC(O)(C(F)(F)F)C2)c(F)c1. The maximum absolute atomic E-state index is 13.7. The van der Waals surface area contributed by atoms with Gasteiger partial charge in [0.25, 0.3) is 5.91 Å². The van der Waals surface area contributed by atoms with E-state index in [4.69, 9.17) is 5.11 Å². The Balaban J connectivity index is 2.22. The van der Waals surface area contributed by atoms with E-state index in [9.17, 15) is 32.3 Å². The first-order valence-electron chi connectivity index (χ1n) is 6.16. The van der Waals surface area contributed by atoms with Gasteiger partial charge in [0.15, 0.2) is 5.60 Å². The normalized spacial score (nSPS) is 22.0. The molecular weight excluding hydrogens is 310 g/mol. The molecule has 1 aliphatic rings. The summed E-state index contributed by atoms with van der Waals surface area (Å²) < 4.78 is 51.8. The first kappa shape index (κ1) is 16.2. The van der Waals surface area contributed by atoms with E-state index in [1.54, 1.807) is 0 Å². The molecule has 1 unspecified atom stereocenters. The maximum atomic E-state index is 13.7. The van der Waals surface area contributed by atoms with Crippen LogP contribution in [0.25, 0.3) is 0 Å². The van der Waals surface area contributed by atoms with Crippen LogP contribution in [0, 0.1) is 5.82 Å². The number of rotatable bonds is 2. The van der Waals surface area contributed by atoms with Crippen molar-refractivity contribution >= 4 is 11.9 Å². The van der Waals surface area contributed by atoms with Crippen LogP contribution in [-0.2, 0) is 0 Å². The number of halogens is 4. The zero-order valence-electron chi connectivity index (χ0n) is 11.0. The lowest BCUT2D eigenvalue weighted by Crippen LogP contribution is -2.48. The molecular formula is C13H11F4NO4. The lowest BCUT2D eigenvalue weighted by molar-refractivity contribution is -0.253. The first-order chi connectivity index (χ1) is 10.0. The molecule has 1 aliphatic heterocycles. The van der Waals surface area contributed by atoms with Gasteiger partial charge >= 0.3 is 12.1 Å². The number of hydrogen-bond acceptors (Lipinski definition) is 3. The number of amides is 1. The third-order valence-corrected chi connectivity index (χ3v) is 3.51. The zero-order valence-corrected chi connectivity index (χ0v) is 11.0. The van der Waals surface area contributed by atoms with Gasteiger partial charge in [-0.25, -0.2) is 9.18 Å². The van der Waals surface area contributed by atoms with E-state index < -0.39 is 48.0 Å². The van der Waals surface area contributed by atoms with Gasteiger partial charge in [0.05, 0.1) is 17.7 Å². The zero-order chi connectivity index (χ0) is 16.7. The Labute approximate surface area is 121 Å². The summed E-state index contributed by atoms with van der Waals surface area (Å²) in [6.45, 7) is -1.37. The Morgan fingerprint density at radius 3 is 2.36 bits per heavy atom. The number of carbonyl (C=O) groups is 2. The highest BCUT2D eigenvalue weighted by Crippen LogP contribution is 2.38. The van der Waals surface area contributed by atoms with Crippen LogP contribution in [0.1, 0.15) is 27.1 Å². The van der Waals surface area contributed by atoms with Gasteiger partial charge in [0.1, 0.15) is 5.82 Å². The summed E-state index contributed by atoms with van der Waals surface area (Å²) in [4.78, 5) is 23.4. The van der Waals surface area contributed by atoms with Crippen molar-refractivity contribution in [3.8, 4) is 0 Å². The molecule has 2 N–H and O–H groups in total. The predicted octanol–water partition coefficient (Wildman–Crippen LogP) is 1.66. The van der Waals surface area contributed by atoms with E-state index in [2.05, 4.69) is 0 Å². The molecule has 0 aliphatic carbocycles. The minimum absolute atomic E-state index is 0.380. The van der Waals surface area contributed by atoms with Crippen LogP contribution < -0.4 is 0 Å². The summed E-state index contributed by atoms with van der Waals surface area (Å²) >= 11 is 0. The highest BCUT2D eigenvalue weighted by Gasteiger charge is 2.57. The number of carbonyl (C=O) groups excluding carboxylic acids is 1. The molecule has 0 radical (unpaired) electrons. The molecule has 22 heavy (non-hydrogen) atoms. The van der Waals surface area contributed by atoms with Crippen LogP contribution in [0.15, 0.2) is 18.2 Å². The molecule has 0 aromatic heterocycles. The average Bonchev–Trinajstić information content (AvgIpc) is 2.81. The fourth-order valence-corrected chi connectivity index (χ4v) is 2.19. The number of likely N-dealkylation sites (tertiary alicyclic amines) is 1. The highest BCUT2D eigenvalue weighted by atomic mass is 19.4. The minimum atomic E-state index is -4.90. The lowest BCUT2D eigenvalue weighted by atomic mass is 10.0. The van der Waals surface area contributed by atoms with Gasteiger partial charge in [0, 0.05) is 13.0 Å². The molecule has 1 fully saturated rings. The standard InChI is InChI=1S/C13H11F4NO4/c14-9-5-7(11(20)21)1-2-8(9)10(19)18-4-3-12(22,6-18)13(15,16)17/h1-2,5,22H,3-4,6H2,(H,20,21). The molecule has 1 saturated heterocycles. The van der Waals surface area contributed by atoms with Crippen molar-refractivity contribution in [3.05, 3.63) is 35.1 Å². The topological polar surface area (TPSA) is 77.8 Å². The van der Waals surface area contributed by atoms with Crippen LogP contribution >= 0.6 is 0 Å². The summed E-state index contributed by atoms with van der Waals surface area (Å²) in [5, 5.41) is 18.2. The number of nitrogens with zero attached hydrogens (tertiary/aromatic N) is 1. The Morgan fingerprint density at radius 1 is 1.27 bits per heavy atom. The Kier molecular flexibility index (Phi) is 3.86. The van der Waals surface area contributed by atoms with E-state index in [1.165, 1.54) is 0 Å². The summed E-state index contributed by atoms with van der Waals surface area (Å²) in [6, 6.07) is 2.48. The maximum Gasteiger partial charge on any atom is 0.419 e. The van der Waals surface area contributed by atoms with Gasteiger partial charge < -0.3 is 15.1 Å². The fraction of sp³-hybridized carbons (Fsp3) is 0.385. The number of β-amino-alcohol motifs (C(OH)–C–C–N with tert-alkyl or cyclic N) is 1. The molecule has 5 nitrogen and oxygen atoms in total. The third kappa shape index (κ3) is 2.76. The second-order valence-corrected chi connectivity index (χ2v) is 5.01. The Bertz CT molecular complexity index is 631. The third-order valence-electron chi connectivity index (χ3n) is 3.51. The second-order valence-electron chi connectivity index (χ2n) is 5.01. The van der Waals surface area contributed by atoms with E-state index >= 15 is 0 Å². The summed E-state index contributed by atoms with van der Waals surface area (Å²) in [6.07, 6.45) is -5.59. The number of benzene rings is 1. The molecule has 1 atom stereocenters. The van der Waals surface area contributed by atoms with Crippen molar-refractivity contribution in [1.29, 1.82) is 0 Å². The molecule has 1 aromatic carbocycles. The smallest absolute Gasteiger partial charge is 0.419 e. The largest absolute Gasteiger partial charge is 0.478 e. The molecule has 9 heteroatoms. The van der Waals surface area contributed by atoms with Gasteiger partial charge in [-0.2, -0.15) is 13.2 Å². The summed E-state index contributed by atoms with van der Waals surface area (Å²) in [7, 11) is 0. The van der Waals surface area contributed by atoms with Crippen molar-refractivity contribution in [2.75, 3.05) is 13.1 Å². The molecule has 0 bridgehead atoms. The van der Waals surface area contributed by atoms with Crippen molar-refractivity contribution < 1.29 is 37.4 Å². The minimum Gasteiger partial charge on any atom is -0.478 e. The molecule has 0 spiro atoms. The Hall–Kier alpha value is -2.16. The number of carboxylic acid groups (broad SMARTS) is 1. The first-order valence-corrected chi connectivity index (χ1v) is 6.16. The van der Waals surface area contributed by atoms with Gasteiger partial charge in [-0.3, -0.25) is 4.79 Å². The molecule has 2 rings (SSSR count). The summed E-state index contributed by atoms with van der Waals surface area (Å²) in [5.41, 5.74) is -3.95. The molecule has 1 amide bonds. The highest BCUT2D eigenvalue weighted by molar-refractivity contribution is 5.96. The number of alkyl halides is 3. The quantitative estimate of drug-likeness (QED) is 0.812. The second kappa shape index (κ2) is 5.24. The van der Waals surface area contributed by atoms with Gasteiger partial charge in [0.2, 0.25) is 0 Å². The Morgan fingerprint density at radius 2 is 1.91 bits per heavy atom. The average molecular weight is 321 g/mol. The number of carboxylic acids is 1. The van der Waals surface area contributed by atoms with Gasteiger partial charge in [-0.05, 0) is 18.2 Å². The van der Waals surface area contributed by atoms with Crippen LogP contribution in [0.4, 0.5) is 17.6 Å². The predicted molar refractivity (Wildman–Crippen MR) is 64.9 cm³/mol. The van der Waals surface area contributed by atoms with E-state index in [0.29, 0.717) is 11.0 Å². The summed E-state index contributed by atoms with van der Waals surface area (Å²) in [5.74, 6) is -3.58. The molecule has 1 heterocycles. The number of aliphatic hydroxyl groups is 1. The van der Waals surface area contributed by atoms with E-state index in [-0.39, 0.29) is 12.1 Å². The van der Waals surface area contributed by atoms with Crippen molar-refractivity contribution in [2.45, 2.75) is 18.2 Å². The fourth-order valence-electron chi connectivity index (χ4n) is 2.19. The molecule has 0 saturated carbocycles. The van der Waals surface area contributed by atoms with Crippen LogP contribution in [0.2, 0.25) is 0 Å². The van der Waals surface area contributed by atoms with Crippen LogP contribution in [0.5, 0.6) is 0 Å². The monoisotopic (exact) mass is 321 g/mol. The number of aromatic carboxylic acids is 1. The van der Waals surface area contributed by atoms with Gasteiger partial charge in [-0.1, -0.05) is 0 Å². The van der Waals surface area contributed by atoms with Crippen LogP contribution in [-0.4, -0.2) is 51.9 Å². The van der Waals surface area contributed by atoms with E-state index in [1.807, 2.05) is 0 Å². The molecule has 1 aromatic rings. The van der Waals surface area contributed by atoms with E-state index in [0.717, 1.165) is 12.1 Å².